The molecule has 0 spiro atoms. The van der Waals surface area contributed by atoms with Gasteiger partial charge in [-0.15, -0.1) is 0 Å². The van der Waals surface area contributed by atoms with Gasteiger partial charge in [-0.1, -0.05) is 6.92 Å². The van der Waals surface area contributed by atoms with E-state index in [4.69, 9.17) is 9.84 Å². The fourth-order valence-corrected chi connectivity index (χ4v) is 2.38. The molecule has 0 saturated carbocycles. The maximum atomic E-state index is 10.7. The molecule has 0 amide bonds. The van der Waals surface area contributed by atoms with E-state index in [1.54, 1.807) is 7.11 Å². The van der Waals surface area contributed by atoms with Crippen LogP contribution in [0.3, 0.4) is 0 Å². The van der Waals surface area contributed by atoms with Gasteiger partial charge in [0.25, 0.3) is 0 Å². The molecule has 100 valence electrons. The molecule has 1 heterocycles. The topological polar surface area (TPSA) is 53.0 Å². The van der Waals surface area contributed by atoms with Crippen molar-refractivity contribution < 1.29 is 14.6 Å². The molecule has 1 N–H and O–H groups in total. The number of carboxylic acids is 1. The minimum absolute atomic E-state index is 0.162. The van der Waals surface area contributed by atoms with E-state index in [0.717, 1.165) is 45.6 Å². The number of aliphatic carboxylic acids is 1. The van der Waals surface area contributed by atoms with Crippen LogP contribution in [-0.2, 0) is 9.53 Å². The second kappa shape index (κ2) is 7.63. The third-order valence-electron chi connectivity index (χ3n) is 3.33. The summed E-state index contributed by atoms with van der Waals surface area (Å²) in [7, 11) is 1.73. The lowest BCUT2D eigenvalue weighted by Crippen LogP contribution is -2.41. The quantitative estimate of drug-likeness (QED) is 0.737. The first-order chi connectivity index (χ1) is 8.17. The van der Waals surface area contributed by atoms with Crippen LogP contribution in [0.4, 0.5) is 0 Å². The predicted molar refractivity (Wildman–Crippen MR) is 66.2 cm³/mol. The first-order valence-corrected chi connectivity index (χ1v) is 6.34. The Hall–Kier alpha value is -0.650. The van der Waals surface area contributed by atoms with Gasteiger partial charge >= 0.3 is 5.97 Å². The van der Waals surface area contributed by atoms with Crippen molar-refractivity contribution in [2.45, 2.75) is 25.8 Å². The van der Waals surface area contributed by atoms with Crippen LogP contribution in [0.15, 0.2) is 0 Å². The van der Waals surface area contributed by atoms with Crippen molar-refractivity contribution in [3.05, 3.63) is 0 Å². The average molecular weight is 244 g/mol. The first kappa shape index (κ1) is 14.4. The molecule has 0 bridgehead atoms. The smallest absolute Gasteiger partial charge is 0.317 e. The third kappa shape index (κ3) is 5.02. The monoisotopic (exact) mass is 244 g/mol. The van der Waals surface area contributed by atoms with Crippen LogP contribution in [0.5, 0.6) is 0 Å². The van der Waals surface area contributed by atoms with E-state index in [1.807, 2.05) is 4.90 Å². The molecule has 1 aliphatic rings. The van der Waals surface area contributed by atoms with Gasteiger partial charge in [0.05, 0.1) is 13.2 Å². The van der Waals surface area contributed by atoms with E-state index in [-0.39, 0.29) is 6.54 Å². The van der Waals surface area contributed by atoms with Crippen LogP contribution in [0.2, 0.25) is 0 Å². The lowest BCUT2D eigenvalue weighted by Gasteiger charge is -2.29. The highest BCUT2D eigenvalue weighted by Gasteiger charge is 2.21. The zero-order chi connectivity index (χ0) is 12.7. The normalized spacial score (nSPS) is 21.1. The Labute approximate surface area is 103 Å². The van der Waals surface area contributed by atoms with Crippen molar-refractivity contribution in [1.29, 1.82) is 0 Å². The molecule has 17 heavy (non-hydrogen) atoms. The Balaban J connectivity index is 2.42. The largest absolute Gasteiger partial charge is 0.480 e. The van der Waals surface area contributed by atoms with Gasteiger partial charge < -0.3 is 9.84 Å². The van der Waals surface area contributed by atoms with Crippen molar-refractivity contribution in [2.24, 2.45) is 0 Å². The summed E-state index contributed by atoms with van der Waals surface area (Å²) in [5.74, 6) is -0.734. The van der Waals surface area contributed by atoms with Gasteiger partial charge in [-0.25, -0.2) is 0 Å². The highest BCUT2D eigenvalue weighted by atomic mass is 16.5. The van der Waals surface area contributed by atoms with Crippen LogP contribution in [0.1, 0.15) is 19.8 Å². The average Bonchev–Trinajstić information content (AvgIpc) is 2.51. The van der Waals surface area contributed by atoms with Crippen molar-refractivity contribution >= 4 is 5.97 Å². The Morgan fingerprint density at radius 2 is 2.12 bits per heavy atom. The fraction of sp³-hybridized carbons (Fsp3) is 0.917. The number of rotatable bonds is 6. The summed E-state index contributed by atoms with van der Waals surface area (Å²) in [5, 5.41) is 8.79. The maximum absolute atomic E-state index is 10.7. The lowest BCUT2D eigenvalue weighted by molar-refractivity contribution is -0.138. The predicted octanol–water partition coefficient (Wildman–Crippen LogP) is 0.504. The summed E-state index contributed by atoms with van der Waals surface area (Å²) in [6.45, 7) is 6.79. The van der Waals surface area contributed by atoms with Gasteiger partial charge in [0.15, 0.2) is 0 Å². The second-order valence-electron chi connectivity index (χ2n) is 4.58. The van der Waals surface area contributed by atoms with Crippen molar-refractivity contribution in [3.8, 4) is 0 Å². The molecule has 1 saturated heterocycles. The van der Waals surface area contributed by atoms with Crippen LogP contribution in [0, 0.1) is 0 Å². The molecule has 1 aliphatic heterocycles. The van der Waals surface area contributed by atoms with E-state index in [9.17, 15) is 4.79 Å². The Morgan fingerprint density at radius 1 is 1.35 bits per heavy atom. The van der Waals surface area contributed by atoms with Gasteiger partial charge in [0.1, 0.15) is 0 Å². The summed E-state index contributed by atoms with van der Waals surface area (Å²) in [6, 6.07) is 0.463. The summed E-state index contributed by atoms with van der Waals surface area (Å²) in [5.41, 5.74) is 0. The first-order valence-electron chi connectivity index (χ1n) is 6.34. The molecule has 1 atom stereocenters. The van der Waals surface area contributed by atoms with E-state index >= 15 is 0 Å². The highest BCUT2D eigenvalue weighted by molar-refractivity contribution is 5.69. The summed E-state index contributed by atoms with van der Waals surface area (Å²) in [6.07, 6.45) is 2.11. The lowest BCUT2D eigenvalue weighted by atomic mass is 10.2. The third-order valence-corrected chi connectivity index (χ3v) is 3.33. The number of carbonyl (C=O) groups is 1. The minimum Gasteiger partial charge on any atom is -0.480 e. The molecular weight excluding hydrogens is 220 g/mol. The SMILES string of the molecule is CCC(COC)N1CCCN(CC(=O)O)CC1. The summed E-state index contributed by atoms with van der Waals surface area (Å²) in [4.78, 5) is 15.1. The zero-order valence-electron chi connectivity index (χ0n) is 10.9. The number of hydrogen-bond acceptors (Lipinski definition) is 4. The van der Waals surface area contributed by atoms with Crippen LogP contribution in [0.25, 0.3) is 0 Å². The van der Waals surface area contributed by atoms with Crippen LogP contribution < -0.4 is 0 Å². The number of nitrogens with zero attached hydrogens (tertiary/aromatic N) is 2. The molecular formula is C12H24N2O3. The Morgan fingerprint density at radius 3 is 2.71 bits per heavy atom. The molecule has 0 aromatic rings. The molecule has 0 radical (unpaired) electrons. The van der Waals surface area contributed by atoms with Crippen LogP contribution in [-0.4, -0.2) is 73.4 Å². The molecule has 1 rings (SSSR count). The molecule has 5 heteroatoms. The fourth-order valence-electron chi connectivity index (χ4n) is 2.38. The summed E-state index contributed by atoms with van der Waals surface area (Å²) >= 11 is 0. The van der Waals surface area contributed by atoms with Gasteiger partial charge in [0.2, 0.25) is 0 Å². The number of hydrogen-bond donors (Lipinski definition) is 1. The van der Waals surface area contributed by atoms with Crippen molar-refractivity contribution in [3.63, 3.8) is 0 Å². The molecule has 0 aromatic heterocycles. The summed E-state index contributed by atoms with van der Waals surface area (Å²) < 4.78 is 5.23. The Bertz CT molecular complexity index is 236. The number of ether oxygens (including phenoxy) is 1. The van der Waals surface area contributed by atoms with Gasteiger partial charge in [-0.05, 0) is 19.4 Å². The standard InChI is InChI=1S/C12H24N2O3/c1-3-11(10-17-2)14-6-4-5-13(7-8-14)9-12(15)16/h11H,3-10H2,1-2H3,(H,15,16). The number of carboxylic acid groups (broad SMARTS) is 1. The molecule has 1 unspecified atom stereocenters. The Kier molecular flexibility index (Phi) is 6.47. The molecule has 0 aromatic carbocycles. The van der Waals surface area contributed by atoms with Crippen molar-refractivity contribution in [1.82, 2.24) is 9.80 Å². The van der Waals surface area contributed by atoms with Gasteiger partial charge in [-0.3, -0.25) is 14.6 Å². The zero-order valence-corrected chi connectivity index (χ0v) is 10.9. The van der Waals surface area contributed by atoms with Gasteiger partial charge in [-0.2, -0.15) is 0 Å². The van der Waals surface area contributed by atoms with E-state index < -0.39 is 5.97 Å². The maximum Gasteiger partial charge on any atom is 0.317 e. The highest BCUT2D eigenvalue weighted by Crippen LogP contribution is 2.10. The molecule has 5 nitrogen and oxygen atoms in total. The van der Waals surface area contributed by atoms with E-state index in [2.05, 4.69) is 11.8 Å². The molecule has 0 aliphatic carbocycles. The van der Waals surface area contributed by atoms with Gasteiger partial charge in [0, 0.05) is 32.8 Å². The second-order valence-corrected chi connectivity index (χ2v) is 4.58. The molecule has 1 fully saturated rings. The van der Waals surface area contributed by atoms with Crippen molar-refractivity contribution in [2.75, 3.05) is 46.4 Å². The van der Waals surface area contributed by atoms with E-state index in [1.165, 1.54) is 0 Å². The van der Waals surface area contributed by atoms with Crippen LogP contribution >= 0.6 is 0 Å². The van der Waals surface area contributed by atoms with E-state index in [0.29, 0.717) is 6.04 Å². The number of methoxy groups -OCH3 is 1. The minimum atomic E-state index is -0.734.